The minimum atomic E-state index is -1.37. The maximum Gasteiger partial charge on any atom is 0.184 e. The zero-order valence-corrected chi connectivity index (χ0v) is 8.93. The second-order valence-corrected chi connectivity index (χ2v) is 3.68. The highest BCUT2D eigenvalue weighted by Gasteiger charge is 2.37. The quantitative estimate of drug-likeness (QED) is 0.589. The molecule has 0 aromatic heterocycles. The van der Waals surface area contributed by atoms with Gasteiger partial charge in [-0.05, 0) is 50.0 Å². The third-order valence-electron chi connectivity index (χ3n) is 3.10. The van der Waals surface area contributed by atoms with E-state index in [9.17, 15) is 9.90 Å². The summed E-state index contributed by atoms with van der Waals surface area (Å²) in [5.74, 6) is 2.32. The molecule has 0 aliphatic heterocycles. The Labute approximate surface area is 84.3 Å². The van der Waals surface area contributed by atoms with Crippen LogP contribution in [-0.2, 0) is 4.79 Å². The molecule has 2 nitrogen and oxygen atoms in total. The summed E-state index contributed by atoms with van der Waals surface area (Å²) in [7, 11) is 0. The number of hydrogen-bond donors (Lipinski definition) is 1. The molecule has 1 aliphatic rings. The molecule has 0 radical (unpaired) electrons. The fourth-order valence-corrected chi connectivity index (χ4v) is 1.66. The van der Waals surface area contributed by atoms with Crippen molar-refractivity contribution in [2.45, 2.75) is 33.3 Å². The van der Waals surface area contributed by atoms with Crippen molar-refractivity contribution in [1.82, 2.24) is 0 Å². The van der Waals surface area contributed by atoms with Crippen LogP contribution in [-0.4, -0.2) is 16.5 Å². The summed E-state index contributed by atoms with van der Waals surface area (Å²) in [6, 6.07) is 0. The first kappa shape index (κ1) is 10.7. The first-order valence-corrected chi connectivity index (χ1v) is 4.47. The number of aliphatic hydroxyl groups is 1. The summed E-state index contributed by atoms with van der Waals surface area (Å²) in [5.41, 5.74) is 0.852. The fraction of sp³-hybridized carbons (Fsp3) is 0.417. The van der Waals surface area contributed by atoms with Crippen LogP contribution in [0.15, 0.2) is 22.3 Å². The van der Waals surface area contributed by atoms with Gasteiger partial charge in [0.1, 0.15) is 0 Å². The maximum absolute atomic E-state index is 11.7. The summed E-state index contributed by atoms with van der Waals surface area (Å²) in [4.78, 5) is 11.7. The van der Waals surface area contributed by atoms with Crippen molar-refractivity contribution in [3.8, 4) is 12.3 Å². The monoisotopic (exact) mass is 190 g/mol. The van der Waals surface area contributed by atoms with Crippen LogP contribution in [0.5, 0.6) is 0 Å². The average Bonchev–Trinajstić information content (AvgIpc) is 2.21. The van der Waals surface area contributed by atoms with Gasteiger partial charge < -0.3 is 5.11 Å². The van der Waals surface area contributed by atoms with E-state index in [4.69, 9.17) is 6.42 Å². The Kier molecular flexibility index (Phi) is 2.39. The first-order chi connectivity index (χ1) is 6.36. The van der Waals surface area contributed by atoms with Crippen molar-refractivity contribution in [2.24, 2.45) is 0 Å². The second-order valence-electron chi connectivity index (χ2n) is 3.68. The maximum atomic E-state index is 11.7. The van der Waals surface area contributed by atoms with Crippen LogP contribution in [0.2, 0.25) is 0 Å². The lowest BCUT2D eigenvalue weighted by Gasteiger charge is -2.31. The van der Waals surface area contributed by atoms with Crippen LogP contribution in [0.1, 0.15) is 27.7 Å². The Morgan fingerprint density at radius 2 is 1.50 bits per heavy atom. The number of rotatable bonds is 0. The number of hydrogen-bond acceptors (Lipinski definition) is 2. The van der Waals surface area contributed by atoms with Crippen LogP contribution >= 0.6 is 0 Å². The van der Waals surface area contributed by atoms with E-state index in [-0.39, 0.29) is 5.78 Å². The van der Waals surface area contributed by atoms with Crippen molar-refractivity contribution in [2.75, 3.05) is 0 Å². The van der Waals surface area contributed by atoms with Crippen molar-refractivity contribution in [3.63, 3.8) is 0 Å². The lowest BCUT2D eigenvalue weighted by molar-refractivity contribution is -0.112. The van der Waals surface area contributed by atoms with E-state index in [1.807, 2.05) is 0 Å². The van der Waals surface area contributed by atoms with Gasteiger partial charge in [-0.1, -0.05) is 5.92 Å². The van der Waals surface area contributed by atoms with Crippen LogP contribution in [0.3, 0.4) is 0 Å². The van der Waals surface area contributed by atoms with E-state index in [1.54, 1.807) is 27.7 Å². The molecule has 0 saturated carbocycles. The van der Waals surface area contributed by atoms with Gasteiger partial charge in [-0.25, -0.2) is 0 Å². The molecule has 0 atom stereocenters. The molecule has 0 spiro atoms. The van der Waals surface area contributed by atoms with Gasteiger partial charge in [0, 0.05) is 0 Å². The molecular formula is C12H14O2. The predicted octanol–water partition coefficient (Wildman–Crippen LogP) is 1.61. The highest BCUT2D eigenvalue weighted by Crippen LogP contribution is 2.35. The SMILES string of the molecule is C#CC1(O)C(C)=C(C)C(=O)C(C)=C1C. The molecule has 1 rings (SSSR count). The molecule has 0 fully saturated rings. The van der Waals surface area contributed by atoms with E-state index in [0.717, 1.165) is 0 Å². The van der Waals surface area contributed by atoms with Crippen molar-refractivity contribution >= 4 is 5.78 Å². The molecule has 1 N–H and O–H groups in total. The number of carbonyl (C=O) groups excluding carboxylic acids is 1. The van der Waals surface area contributed by atoms with Gasteiger partial charge in [-0.3, -0.25) is 4.79 Å². The summed E-state index contributed by atoms with van der Waals surface area (Å²) < 4.78 is 0. The molecule has 14 heavy (non-hydrogen) atoms. The normalized spacial score (nSPS) is 21.3. The average molecular weight is 190 g/mol. The van der Waals surface area contributed by atoms with E-state index in [0.29, 0.717) is 22.3 Å². The summed E-state index contributed by atoms with van der Waals surface area (Å²) in [6.07, 6.45) is 5.31. The molecule has 0 saturated heterocycles. The Morgan fingerprint density at radius 3 is 1.79 bits per heavy atom. The lowest BCUT2D eigenvalue weighted by atomic mass is 9.76. The smallest absolute Gasteiger partial charge is 0.184 e. The van der Waals surface area contributed by atoms with Gasteiger partial charge >= 0.3 is 0 Å². The molecule has 0 heterocycles. The van der Waals surface area contributed by atoms with Crippen LogP contribution in [0, 0.1) is 12.3 Å². The molecule has 0 aromatic rings. The fourth-order valence-electron chi connectivity index (χ4n) is 1.66. The lowest BCUT2D eigenvalue weighted by Crippen LogP contribution is -2.36. The zero-order chi connectivity index (χ0) is 11.1. The molecule has 0 unspecified atom stereocenters. The summed E-state index contributed by atoms with van der Waals surface area (Å²) in [6.45, 7) is 6.78. The number of Topliss-reactive ketones (excluding diaryl/α,β-unsaturated/α-hetero) is 1. The van der Waals surface area contributed by atoms with Gasteiger partial charge in [0.15, 0.2) is 11.4 Å². The molecule has 74 valence electrons. The highest BCUT2D eigenvalue weighted by atomic mass is 16.3. The minimum Gasteiger partial charge on any atom is -0.370 e. The number of allylic oxidation sites excluding steroid dienone is 2. The summed E-state index contributed by atoms with van der Waals surface area (Å²) >= 11 is 0. The summed E-state index contributed by atoms with van der Waals surface area (Å²) in [5, 5.41) is 10.2. The Hall–Kier alpha value is -1.33. The number of carbonyl (C=O) groups is 1. The minimum absolute atomic E-state index is 0.0278. The van der Waals surface area contributed by atoms with E-state index < -0.39 is 5.60 Å². The molecule has 0 amide bonds. The topological polar surface area (TPSA) is 37.3 Å². The third-order valence-corrected chi connectivity index (χ3v) is 3.10. The van der Waals surface area contributed by atoms with Gasteiger partial charge in [-0.2, -0.15) is 0 Å². The van der Waals surface area contributed by atoms with Gasteiger partial charge in [0.2, 0.25) is 0 Å². The molecule has 1 aliphatic carbocycles. The Morgan fingerprint density at radius 1 is 1.14 bits per heavy atom. The van der Waals surface area contributed by atoms with Crippen molar-refractivity contribution in [1.29, 1.82) is 0 Å². The predicted molar refractivity (Wildman–Crippen MR) is 55.5 cm³/mol. The van der Waals surface area contributed by atoms with Crippen LogP contribution in [0.4, 0.5) is 0 Å². The van der Waals surface area contributed by atoms with Crippen LogP contribution in [0.25, 0.3) is 0 Å². The highest BCUT2D eigenvalue weighted by molar-refractivity contribution is 6.10. The largest absolute Gasteiger partial charge is 0.370 e. The molecule has 0 aromatic carbocycles. The van der Waals surface area contributed by atoms with Gasteiger partial charge in [0.25, 0.3) is 0 Å². The zero-order valence-electron chi connectivity index (χ0n) is 8.93. The van der Waals surface area contributed by atoms with Crippen molar-refractivity contribution in [3.05, 3.63) is 22.3 Å². The Bertz CT molecular complexity index is 375. The second kappa shape index (κ2) is 3.11. The number of terminal acetylenes is 1. The Balaban J connectivity index is 3.51. The van der Waals surface area contributed by atoms with Gasteiger partial charge in [-0.15, -0.1) is 6.42 Å². The number of ketones is 1. The van der Waals surface area contributed by atoms with E-state index in [2.05, 4.69) is 5.92 Å². The molecule has 2 heteroatoms. The van der Waals surface area contributed by atoms with Crippen molar-refractivity contribution < 1.29 is 9.90 Å². The van der Waals surface area contributed by atoms with Gasteiger partial charge in [0.05, 0.1) is 0 Å². The standard InChI is InChI=1S/C12H14O2/c1-6-12(14)9(4)7(2)11(13)8(3)10(12)5/h1,14H,2-5H3. The van der Waals surface area contributed by atoms with E-state index in [1.165, 1.54) is 0 Å². The van der Waals surface area contributed by atoms with E-state index >= 15 is 0 Å². The third kappa shape index (κ3) is 1.13. The molecule has 0 bridgehead atoms. The first-order valence-electron chi connectivity index (χ1n) is 4.47. The van der Waals surface area contributed by atoms with Crippen LogP contribution < -0.4 is 0 Å². The molecular weight excluding hydrogens is 176 g/mol.